The number of benzene rings is 1. The average molecular weight is 255 g/mol. The Morgan fingerprint density at radius 2 is 2.11 bits per heavy atom. The van der Waals surface area contributed by atoms with E-state index in [0.717, 1.165) is 0 Å². The summed E-state index contributed by atoms with van der Waals surface area (Å²) in [5.41, 5.74) is 0.319. The van der Waals surface area contributed by atoms with Gasteiger partial charge in [-0.05, 0) is 26.8 Å². The summed E-state index contributed by atoms with van der Waals surface area (Å²) in [6, 6.07) is 4.24. The van der Waals surface area contributed by atoms with E-state index in [1.165, 1.54) is 19.1 Å². The number of amides is 1. The van der Waals surface area contributed by atoms with Crippen LogP contribution in [0.2, 0.25) is 0 Å². The number of hydrogen-bond acceptors (Lipinski definition) is 3. The summed E-state index contributed by atoms with van der Waals surface area (Å²) in [6.07, 6.45) is -0.824. The van der Waals surface area contributed by atoms with Crippen molar-refractivity contribution in [1.29, 1.82) is 0 Å². The third kappa shape index (κ3) is 3.70. The van der Waals surface area contributed by atoms with Crippen molar-refractivity contribution in [2.45, 2.75) is 39.5 Å². The fourth-order valence-corrected chi connectivity index (χ4v) is 1.44. The summed E-state index contributed by atoms with van der Waals surface area (Å²) < 4.78 is 18.8. The molecule has 0 aliphatic carbocycles. The second kappa shape index (κ2) is 6.35. The zero-order chi connectivity index (χ0) is 13.7. The highest BCUT2D eigenvalue weighted by Crippen LogP contribution is 2.23. The molecule has 0 saturated carbocycles. The number of carbonyl (C=O) groups excluding carboxylic acids is 1. The molecule has 2 N–H and O–H groups in total. The second-order valence-electron chi connectivity index (χ2n) is 4.31. The molecule has 0 aromatic heterocycles. The first-order valence-electron chi connectivity index (χ1n) is 5.81. The quantitative estimate of drug-likeness (QED) is 0.840. The molecule has 0 bridgehead atoms. The first-order chi connectivity index (χ1) is 8.45. The fraction of sp³-hybridized carbons (Fsp3) is 0.462. The second-order valence-corrected chi connectivity index (χ2v) is 4.31. The molecule has 5 heteroatoms. The molecule has 0 aliphatic heterocycles. The predicted molar refractivity (Wildman–Crippen MR) is 65.7 cm³/mol. The van der Waals surface area contributed by atoms with Crippen LogP contribution in [0.3, 0.4) is 0 Å². The zero-order valence-electron chi connectivity index (χ0n) is 10.7. The molecule has 0 fully saturated rings. The van der Waals surface area contributed by atoms with Crippen LogP contribution < -0.4 is 10.1 Å². The van der Waals surface area contributed by atoms with E-state index < -0.39 is 11.9 Å². The molecule has 4 nitrogen and oxygen atoms in total. The molecule has 1 unspecified atom stereocenters. The molecule has 0 saturated heterocycles. The van der Waals surface area contributed by atoms with Crippen molar-refractivity contribution in [1.82, 2.24) is 5.32 Å². The van der Waals surface area contributed by atoms with Gasteiger partial charge in [0.1, 0.15) is 0 Å². The average Bonchev–Trinajstić information content (AvgIpc) is 2.30. The Balaban J connectivity index is 2.81. The number of halogens is 1. The highest BCUT2D eigenvalue weighted by Gasteiger charge is 2.19. The summed E-state index contributed by atoms with van der Waals surface area (Å²) >= 11 is 0. The molecule has 1 aromatic rings. The SMILES string of the molecule is CC(C)NC(=O)C(C)Oc1c(F)cccc1CO. The summed E-state index contributed by atoms with van der Waals surface area (Å²) in [4.78, 5) is 11.6. The van der Waals surface area contributed by atoms with E-state index >= 15 is 0 Å². The highest BCUT2D eigenvalue weighted by atomic mass is 19.1. The van der Waals surface area contributed by atoms with Crippen molar-refractivity contribution in [3.8, 4) is 5.75 Å². The van der Waals surface area contributed by atoms with Gasteiger partial charge in [0.2, 0.25) is 0 Å². The van der Waals surface area contributed by atoms with Gasteiger partial charge < -0.3 is 15.2 Å². The maximum Gasteiger partial charge on any atom is 0.260 e. The van der Waals surface area contributed by atoms with E-state index in [1.807, 2.05) is 13.8 Å². The van der Waals surface area contributed by atoms with Gasteiger partial charge in [-0.25, -0.2) is 4.39 Å². The van der Waals surface area contributed by atoms with E-state index in [1.54, 1.807) is 6.07 Å². The lowest BCUT2D eigenvalue weighted by Crippen LogP contribution is -2.40. The van der Waals surface area contributed by atoms with Crippen LogP contribution >= 0.6 is 0 Å². The van der Waals surface area contributed by atoms with Gasteiger partial charge in [-0.3, -0.25) is 4.79 Å². The Morgan fingerprint density at radius 1 is 1.44 bits per heavy atom. The summed E-state index contributed by atoms with van der Waals surface area (Å²) in [5.74, 6) is -0.991. The molecule has 1 atom stereocenters. The van der Waals surface area contributed by atoms with Crippen molar-refractivity contribution < 1.29 is 19.0 Å². The van der Waals surface area contributed by atoms with E-state index in [4.69, 9.17) is 9.84 Å². The molecule has 1 rings (SSSR count). The topological polar surface area (TPSA) is 58.6 Å². The van der Waals surface area contributed by atoms with Crippen molar-refractivity contribution in [2.75, 3.05) is 0 Å². The number of aliphatic hydroxyl groups excluding tert-OH is 1. The van der Waals surface area contributed by atoms with Gasteiger partial charge in [0.05, 0.1) is 6.61 Å². The number of rotatable bonds is 5. The van der Waals surface area contributed by atoms with E-state index in [9.17, 15) is 9.18 Å². The van der Waals surface area contributed by atoms with Crippen LogP contribution in [0.15, 0.2) is 18.2 Å². The molecule has 0 radical (unpaired) electrons. The molecule has 0 spiro atoms. The molecule has 1 aromatic carbocycles. The Hall–Kier alpha value is -1.62. The minimum absolute atomic E-state index is 0.0125. The van der Waals surface area contributed by atoms with Crippen molar-refractivity contribution in [3.63, 3.8) is 0 Å². The van der Waals surface area contributed by atoms with Crippen LogP contribution in [0.25, 0.3) is 0 Å². The number of hydrogen-bond donors (Lipinski definition) is 2. The minimum Gasteiger partial charge on any atom is -0.477 e. The van der Waals surface area contributed by atoms with Crippen molar-refractivity contribution in [3.05, 3.63) is 29.6 Å². The first-order valence-corrected chi connectivity index (χ1v) is 5.81. The van der Waals surface area contributed by atoms with Crippen LogP contribution in [-0.4, -0.2) is 23.2 Å². The van der Waals surface area contributed by atoms with Gasteiger partial charge in [0.25, 0.3) is 5.91 Å². The van der Waals surface area contributed by atoms with Gasteiger partial charge in [0.15, 0.2) is 17.7 Å². The standard InChI is InChI=1S/C13H18FNO3/c1-8(2)15-13(17)9(3)18-12-10(7-16)5-4-6-11(12)14/h4-6,8-9,16H,7H2,1-3H3,(H,15,17). The smallest absolute Gasteiger partial charge is 0.260 e. The Morgan fingerprint density at radius 3 is 2.67 bits per heavy atom. The van der Waals surface area contributed by atoms with Gasteiger partial charge in [-0.2, -0.15) is 0 Å². The van der Waals surface area contributed by atoms with Crippen LogP contribution in [0.5, 0.6) is 5.75 Å². The molecule has 18 heavy (non-hydrogen) atoms. The number of carbonyl (C=O) groups is 1. The largest absolute Gasteiger partial charge is 0.477 e. The molecule has 0 aliphatic rings. The predicted octanol–water partition coefficient (Wildman–Crippen LogP) is 1.61. The molecule has 0 heterocycles. The summed E-state index contributed by atoms with van der Waals surface area (Å²) in [6.45, 7) is 4.84. The van der Waals surface area contributed by atoms with Gasteiger partial charge in [-0.15, -0.1) is 0 Å². The Bertz CT molecular complexity index is 421. The lowest BCUT2D eigenvalue weighted by molar-refractivity contribution is -0.127. The maximum absolute atomic E-state index is 13.6. The van der Waals surface area contributed by atoms with Crippen molar-refractivity contribution in [2.24, 2.45) is 0 Å². The molecule has 1 amide bonds. The lowest BCUT2D eigenvalue weighted by Gasteiger charge is -2.18. The van der Waals surface area contributed by atoms with Gasteiger partial charge in [0, 0.05) is 11.6 Å². The lowest BCUT2D eigenvalue weighted by atomic mass is 10.2. The molecule has 100 valence electrons. The van der Waals surface area contributed by atoms with E-state index in [2.05, 4.69) is 5.32 Å². The van der Waals surface area contributed by atoms with Crippen LogP contribution in [0.1, 0.15) is 26.3 Å². The number of ether oxygens (including phenoxy) is 1. The number of para-hydroxylation sites is 1. The number of aliphatic hydroxyl groups is 1. The normalized spacial score (nSPS) is 12.3. The highest BCUT2D eigenvalue weighted by molar-refractivity contribution is 5.80. The van der Waals surface area contributed by atoms with Crippen LogP contribution in [-0.2, 0) is 11.4 Å². The number of nitrogens with one attached hydrogen (secondary N) is 1. The minimum atomic E-state index is -0.824. The summed E-state index contributed by atoms with van der Waals surface area (Å²) in [7, 11) is 0. The first kappa shape index (κ1) is 14.4. The summed E-state index contributed by atoms with van der Waals surface area (Å²) in [5, 5.41) is 11.8. The van der Waals surface area contributed by atoms with Gasteiger partial charge in [-0.1, -0.05) is 12.1 Å². The van der Waals surface area contributed by atoms with Crippen molar-refractivity contribution >= 4 is 5.91 Å². The Labute approximate surface area is 106 Å². The monoisotopic (exact) mass is 255 g/mol. The van der Waals surface area contributed by atoms with Gasteiger partial charge >= 0.3 is 0 Å². The molecular formula is C13H18FNO3. The maximum atomic E-state index is 13.6. The third-order valence-electron chi connectivity index (χ3n) is 2.31. The third-order valence-corrected chi connectivity index (χ3v) is 2.31. The van der Waals surface area contributed by atoms with Crippen LogP contribution in [0.4, 0.5) is 4.39 Å². The fourth-order valence-electron chi connectivity index (χ4n) is 1.44. The molecular weight excluding hydrogens is 237 g/mol. The van der Waals surface area contributed by atoms with E-state index in [0.29, 0.717) is 5.56 Å². The van der Waals surface area contributed by atoms with E-state index in [-0.39, 0.29) is 24.3 Å². The Kier molecular flexibility index (Phi) is 5.09. The zero-order valence-corrected chi connectivity index (χ0v) is 10.7. The van der Waals surface area contributed by atoms with Crippen LogP contribution in [0, 0.1) is 5.82 Å².